The molecule has 5 nitrogen and oxygen atoms in total. The van der Waals surface area contributed by atoms with Crippen LogP contribution in [0.25, 0.3) is 11.3 Å². The number of nitrogens with one attached hydrogen (secondary N) is 1. The van der Waals surface area contributed by atoms with Crippen LogP contribution in [0.1, 0.15) is 21.7 Å². The average molecular weight is 394 g/mol. The van der Waals surface area contributed by atoms with Crippen LogP contribution in [-0.4, -0.2) is 31.7 Å². The van der Waals surface area contributed by atoms with Crippen molar-refractivity contribution >= 4 is 23.2 Å². The van der Waals surface area contributed by atoms with E-state index in [2.05, 4.69) is 22.3 Å². The zero-order chi connectivity index (χ0) is 20.1. The molecule has 0 spiro atoms. The van der Waals surface area contributed by atoms with Crippen LogP contribution in [0.4, 0.5) is 5.69 Å². The number of anilines is 1. The number of carbonyl (C=O) groups is 1. The molecule has 1 heterocycles. The van der Waals surface area contributed by atoms with Crippen LogP contribution in [0, 0.1) is 18.8 Å². The number of rotatable bonds is 4. The lowest BCUT2D eigenvalue weighted by atomic mass is 10.1. The first-order valence-electron chi connectivity index (χ1n) is 8.73. The van der Waals surface area contributed by atoms with E-state index in [1.165, 1.54) is 0 Å². The van der Waals surface area contributed by atoms with Crippen molar-refractivity contribution in [1.82, 2.24) is 10.5 Å². The number of carbonyl (C=O) groups excluding carboxylic acids is 1. The van der Waals surface area contributed by atoms with Crippen LogP contribution in [-0.2, 0) is 0 Å². The largest absolute Gasteiger partial charge is 0.378 e. The maximum absolute atomic E-state index is 12.6. The molecule has 142 valence electrons. The van der Waals surface area contributed by atoms with Gasteiger partial charge in [-0.1, -0.05) is 46.8 Å². The van der Waals surface area contributed by atoms with Crippen molar-refractivity contribution in [2.75, 3.05) is 25.5 Å². The summed E-state index contributed by atoms with van der Waals surface area (Å²) in [4.78, 5) is 14.7. The highest BCUT2D eigenvalue weighted by Gasteiger charge is 2.22. The first-order chi connectivity index (χ1) is 13.5. The van der Waals surface area contributed by atoms with Crippen LogP contribution < -0.4 is 10.2 Å². The second-order valence-electron chi connectivity index (χ2n) is 6.37. The van der Waals surface area contributed by atoms with Crippen molar-refractivity contribution in [3.05, 3.63) is 70.4 Å². The molecule has 0 unspecified atom stereocenters. The van der Waals surface area contributed by atoms with Gasteiger partial charge in [0.05, 0.1) is 11.6 Å². The molecular formula is C22H20ClN3O2. The Hall–Kier alpha value is -3.23. The Bertz CT molecular complexity index is 1040. The number of aryl methyl sites for hydroxylation is 1. The summed E-state index contributed by atoms with van der Waals surface area (Å²) in [6, 6.07) is 15.1. The molecule has 6 heteroatoms. The van der Waals surface area contributed by atoms with Crippen molar-refractivity contribution in [2.45, 2.75) is 6.92 Å². The summed E-state index contributed by atoms with van der Waals surface area (Å²) in [5, 5.41) is 7.30. The Morgan fingerprint density at radius 3 is 2.57 bits per heavy atom. The maximum Gasteiger partial charge on any atom is 0.257 e. The molecule has 1 aromatic heterocycles. The molecule has 0 radical (unpaired) electrons. The summed E-state index contributed by atoms with van der Waals surface area (Å²) in [6.45, 7) is 1.90. The monoisotopic (exact) mass is 393 g/mol. The number of hydrogen-bond acceptors (Lipinski definition) is 4. The SMILES string of the molecule is Cc1onc(-c2ccccc2Cl)c1C(=O)NCC#Cc1ccc(N(C)C)cc1. The van der Waals surface area contributed by atoms with Gasteiger partial charge in [0.1, 0.15) is 17.0 Å². The fourth-order valence-electron chi connectivity index (χ4n) is 2.68. The predicted octanol–water partition coefficient (Wildman–Crippen LogP) is 4.15. The summed E-state index contributed by atoms with van der Waals surface area (Å²) in [7, 11) is 3.97. The fourth-order valence-corrected chi connectivity index (χ4v) is 2.90. The highest BCUT2D eigenvalue weighted by Crippen LogP contribution is 2.30. The van der Waals surface area contributed by atoms with Gasteiger partial charge in [-0.15, -0.1) is 0 Å². The normalized spacial score (nSPS) is 10.1. The Morgan fingerprint density at radius 2 is 1.89 bits per heavy atom. The van der Waals surface area contributed by atoms with Crippen LogP contribution in [0.5, 0.6) is 0 Å². The average Bonchev–Trinajstić information content (AvgIpc) is 3.07. The van der Waals surface area contributed by atoms with E-state index in [-0.39, 0.29) is 12.5 Å². The zero-order valence-corrected chi connectivity index (χ0v) is 16.7. The molecule has 1 N–H and O–H groups in total. The summed E-state index contributed by atoms with van der Waals surface area (Å²) < 4.78 is 5.22. The Balaban J connectivity index is 1.70. The van der Waals surface area contributed by atoms with Gasteiger partial charge in [-0.25, -0.2) is 0 Å². The van der Waals surface area contributed by atoms with E-state index in [0.29, 0.717) is 27.6 Å². The lowest BCUT2D eigenvalue weighted by molar-refractivity contribution is 0.0957. The molecule has 0 aliphatic carbocycles. The van der Waals surface area contributed by atoms with Gasteiger partial charge >= 0.3 is 0 Å². The van der Waals surface area contributed by atoms with E-state index in [9.17, 15) is 4.79 Å². The molecule has 0 bridgehead atoms. The summed E-state index contributed by atoms with van der Waals surface area (Å²) >= 11 is 6.23. The molecule has 3 rings (SSSR count). The van der Waals surface area contributed by atoms with Gasteiger partial charge in [0.15, 0.2) is 0 Å². The van der Waals surface area contributed by atoms with Crippen molar-refractivity contribution in [3.8, 4) is 23.1 Å². The molecule has 0 aliphatic heterocycles. The van der Waals surface area contributed by atoms with Crippen LogP contribution in [0.2, 0.25) is 5.02 Å². The van der Waals surface area contributed by atoms with E-state index in [1.807, 2.05) is 55.4 Å². The number of aromatic nitrogens is 1. The van der Waals surface area contributed by atoms with Crippen molar-refractivity contribution in [1.29, 1.82) is 0 Å². The molecule has 0 saturated heterocycles. The van der Waals surface area contributed by atoms with Gasteiger partial charge in [0.2, 0.25) is 0 Å². The summed E-state index contributed by atoms with van der Waals surface area (Å²) in [5.74, 6) is 6.13. The van der Waals surface area contributed by atoms with E-state index >= 15 is 0 Å². The molecule has 1 amide bonds. The maximum atomic E-state index is 12.6. The van der Waals surface area contributed by atoms with Gasteiger partial charge in [-0.3, -0.25) is 4.79 Å². The summed E-state index contributed by atoms with van der Waals surface area (Å²) in [6.07, 6.45) is 0. The van der Waals surface area contributed by atoms with E-state index in [4.69, 9.17) is 16.1 Å². The highest BCUT2D eigenvalue weighted by atomic mass is 35.5. The molecule has 0 aliphatic rings. The first kappa shape index (κ1) is 19.5. The molecule has 0 fully saturated rings. The van der Waals surface area contributed by atoms with Crippen molar-refractivity contribution in [3.63, 3.8) is 0 Å². The van der Waals surface area contributed by atoms with Crippen molar-refractivity contribution < 1.29 is 9.32 Å². The molecular weight excluding hydrogens is 374 g/mol. The first-order valence-corrected chi connectivity index (χ1v) is 9.11. The fraction of sp³-hybridized carbons (Fsp3) is 0.182. The molecule has 28 heavy (non-hydrogen) atoms. The van der Waals surface area contributed by atoms with Gasteiger partial charge in [0, 0.05) is 30.9 Å². The van der Waals surface area contributed by atoms with E-state index < -0.39 is 0 Å². The topological polar surface area (TPSA) is 58.4 Å². The Labute approximate surface area is 169 Å². The minimum Gasteiger partial charge on any atom is -0.378 e. The van der Waals surface area contributed by atoms with Gasteiger partial charge in [-0.05, 0) is 37.3 Å². The molecule has 3 aromatic rings. The molecule has 0 saturated carbocycles. The van der Waals surface area contributed by atoms with Gasteiger partial charge in [0.25, 0.3) is 5.91 Å². The minimum absolute atomic E-state index is 0.209. The zero-order valence-electron chi connectivity index (χ0n) is 15.9. The minimum atomic E-state index is -0.300. The molecule has 2 aromatic carbocycles. The predicted molar refractivity (Wildman–Crippen MR) is 112 cm³/mol. The lowest BCUT2D eigenvalue weighted by Crippen LogP contribution is -2.24. The third kappa shape index (κ3) is 4.36. The number of hydrogen-bond donors (Lipinski definition) is 1. The Kier molecular flexibility index (Phi) is 6.03. The van der Waals surface area contributed by atoms with E-state index in [0.717, 1.165) is 11.3 Å². The number of amides is 1. The van der Waals surface area contributed by atoms with E-state index in [1.54, 1.807) is 19.1 Å². The van der Waals surface area contributed by atoms with Crippen LogP contribution in [0.3, 0.4) is 0 Å². The number of nitrogens with zero attached hydrogens (tertiary/aromatic N) is 2. The quantitative estimate of drug-likeness (QED) is 0.676. The van der Waals surface area contributed by atoms with Gasteiger partial charge in [-0.2, -0.15) is 0 Å². The van der Waals surface area contributed by atoms with Gasteiger partial charge < -0.3 is 14.7 Å². The number of benzene rings is 2. The number of halogens is 1. The lowest BCUT2D eigenvalue weighted by Gasteiger charge is -2.11. The third-order valence-electron chi connectivity index (χ3n) is 4.17. The second kappa shape index (κ2) is 8.64. The third-order valence-corrected chi connectivity index (χ3v) is 4.50. The standard InChI is InChI=1S/C22H20ClN3O2/c1-15-20(21(25-28-15)18-8-4-5-9-19(18)23)22(27)24-14-6-7-16-10-12-17(13-11-16)26(2)3/h4-5,8-13H,14H2,1-3H3,(H,24,27). The smallest absolute Gasteiger partial charge is 0.257 e. The molecule has 0 atom stereocenters. The van der Waals surface area contributed by atoms with Crippen LogP contribution >= 0.6 is 11.6 Å². The second-order valence-corrected chi connectivity index (χ2v) is 6.78. The summed E-state index contributed by atoms with van der Waals surface area (Å²) in [5.41, 5.74) is 3.43. The van der Waals surface area contributed by atoms with Crippen LogP contribution in [0.15, 0.2) is 53.1 Å². The highest BCUT2D eigenvalue weighted by molar-refractivity contribution is 6.33. The van der Waals surface area contributed by atoms with Crippen molar-refractivity contribution in [2.24, 2.45) is 0 Å². The Morgan fingerprint density at radius 1 is 1.18 bits per heavy atom.